The van der Waals surface area contributed by atoms with E-state index >= 15 is 0 Å². The molecule has 4 rings (SSSR count). The molecular weight excluding hydrogens is 383 g/mol. The third-order valence-electron chi connectivity index (χ3n) is 5.44. The fourth-order valence-corrected chi connectivity index (χ4v) is 3.88. The molecular formula is C23H21FN4O2. The summed E-state index contributed by atoms with van der Waals surface area (Å²) in [5.74, 6) is 0.147. The van der Waals surface area contributed by atoms with Crippen LogP contribution in [0.1, 0.15) is 18.4 Å². The highest BCUT2D eigenvalue weighted by atomic mass is 19.1. The van der Waals surface area contributed by atoms with Crippen molar-refractivity contribution in [3.8, 4) is 11.8 Å². The lowest BCUT2D eigenvalue weighted by Gasteiger charge is -2.34. The van der Waals surface area contributed by atoms with Crippen molar-refractivity contribution in [3.05, 3.63) is 60.0 Å². The number of ether oxygens (including phenoxy) is 1. The summed E-state index contributed by atoms with van der Waals surface area (Å²) >= 11 is 0. The predicted molar refractivity (Wildman–Crippen MR) is 113 cm³/mol. The quantitative estimate of drug-likeness (QED) is 0.708. The number of nitrogens with one attached hydrogen (secondary N) is 1. The summed E-state index contributed by atoms with van der Waals surface area (Å²) in [4.78, 5) is 19.0. The normalized spacial score (nSPS) is 14.4. The van der Waals surface area contributed by atoms with Crippen LogP contribution >= 0.6 is 0 Å². The minimum absolute atomic E-state index is 0.0333. The number of carbonyl (C=O) groups is 1. The number of hydrogen-bond donors (Lipinski definition) is 1. The number of rotatable bonds is 4. The molecule has 1 N–H and O–H groups in total. The molecule has 0 saturated carbocycles. The molecule has 2 aromatic carbocycles. The first-order valence-electron chi connectivity index (χ1n) is 9.77. The first-order valence-corrected chi connectivity index (χ1v) is 9.77. The van der Waals surface area contributed by atoms with Crippen LogP contribution in [0.15, 0.2) is 48.7 Å². The standard InChI is InChI=1S/C23H21FN4O2/c1-30-19-4-2-3-18(12-19)27-23(29)15-7-9-28(10-8-15)22-16(13-25)14-26-21-6-5-17(24)11-20(21)22/h2-6,11-12,14-15H,7-10H2,1H3,(H,27,29). The third kappa shape index (κ3) is 3.90. The van der Waals surface area contributed by atoms with Gasteiger partial charge in [-0.2, -0.15) is 5.26 Å². The maximum atomic E-state index is 13.9. The molecule has 30 heavy (non-hydrogen) atoms. The van der Waals surface area contributed by atoms with Gasteiger partial charge < -0.3 is 15.0 Å². The van der Waals surface area contributed by atoms with Crippen LogP contribution in [0.2, 0.25) is 0 Å². The van der Waals surface area contributed by atoms with Gasteiger partial charge in [0.15, 0.2) is 0 Å². The Bertz CT molecular complexity index is 1130. The van der Waals surface area contributed by atoms with Gasteiger partial charge >= 0.3 is 0 Å². The summed E-state index contributed by atoms with van der Waals surface area (Å²) in [6.45, 7) is 1.20. The second kappa shape index (κ2) is 8.37. The van der Waals surface area contributed by atoms with Crippen LogP contribution in [0.5, 0.6) is 5.75 Å². The van der Waals surface area contributed by atoms with Crippen molar-refractivity contribution in [2.24, 2.45) is 5.92 Å². The second-order valence-corrected chi connectivity index (χ2v) is 7.28. The Labute approximate surface area is 173 Å². The van der Waals surface area contributed by atoms with E-state index in [4.69, 9.17) is 4.74 Å². The van der Waals surface area contributed by atoms with E-state index in [0.29, 0.717) is 59.5 Å². The monoisotopic (exact) mass is 404 g/mol. The first-order chi connectivity index (χ1) is 14.6. The number of carbonyl (C=O) groups excluding carboxylic acids is 1. The van der Waals surface area contributed by atoms with Crippen LogP contribution in [0.3, 0.4) is 0 Å². The van der Waals surface area contributed by atoms with E-state index in [1.165, 1.54) is 18.3 Å². The van der Waals surface area contributed by atoms with Crippen molar-refractivity contribution in [2.75, 3.05) is 30.4 Å². The van der Waals surface area contributed by atoms with E-state index in [0.717, 1.165) is 0 Å². The molecule has 0 aliphatic carbocycles. The smallest absolute Gasteiger partial charge is 0.227 e. The summed E-state index contributed by atoms with van der Waals surface area (Å²) in [6, 6.07) is 13.8. The Hall–Kier alpha value is -3.66. The third-order valence-corrected chi connectivity index (χ3v) is 5.44. The Kier molecular flexibility index (Phi) is 5.48. The Morgan fingerprint density at radius 2 is 2.07 bits per heavy atom. The molecule has 152 valence electrons. The van der Waals surface area contributed by atoms with Gasteiger partial charge in [-0.1, -0.05) is 6.07 Å². The van der Waals surface area contributed by atoms with Gasteiger partial charge in [0.2, 0.25) is 5.91 Å². The lowest BCUT2D eigenvalue weighted by atomic mass is 9.94. The van der Waals surface area contributed by atoms with Crippen molar-refractivity contribution in [1.82, 2.24) is 4.98 Å². The number of aromatic nitrogens is 1. The lowest BCUT2D eigenvalue weighted by molar-refractivity contribution is -0.120. The van der Waals surface area contributed by atoms with Crippen LogP contribution in [0, 0.1) is 23.1 Å². The van der Waals surface area contributed by atoms with E-state index in [1.54, 1.807) is 19.2 Å². The number of nitriles is 1. The van der Waals surface area contributed by atoms with E-state index in [1.807, 2.05) is 18.2 Å². The fraction of sp³-hybridized carbons (Fsp3) is 0.261. The van der Waals surface area contributed by atoms with Crippen LogP contribution in [0.25, 0.3) is 10.9 Å². The zero-order valence-electron chi connectivity index (χ0n) is 16.6. The summed E-state index contributed by atoms with van der Waals surface area (Å²) in [5.41, 5.74) is 2.44. The van der Waals surface area contributed by atoms with Gasteiger partial charge in [-0.3, -0.25) is 9.78 Å². The van der Waals surface area contributed by atoms with Gasteiger partial charge in [0.1, 0.15) is 17.6 Å². The van der Waals surface area contributed by atoms with Crippen molar-refractivity contribution < 1.29 is 13.9 Å². The lowest BCUT2D eigenvalue weighted by Crippen LogP contribution is -2.38. The van der Waals surface area contributed by atoms with Crippen molar-refractivity contribution in [1.29, 1.82) is 5.26 Å². The van der Waals surface area contributed by atoms with E-state index in [-0.39, 0.29) is 17.6 Å². The summed E-state index contributed by atoms with van der Waals surface area (Å²) in [5, 5.41) is 13.1. The average Bonchev–Trinajstić information content (AvgIpc) is 2.78. The SMILES string of the molecule is COc1cccc(NC(=O)C2CCN(c3c(C#N)cnc4ccc(F)cc34)CC2)c1. The Morgan fingerprint density at radius 1 is 1.27 bits per heavy atom. The molecule has 1 amide bonds. The van der Waals surface area contributed by atoms with E-state index in [9.17, 15) is 14.4 Å². The van der Waals surface area contributed by atoms with E-state index in [2.05, 4.69) is 21.3 Å². The molecule has 2 heterocycles. The van der Waals surface area contributed by atoms with Crippen LogP contribution < -0.4 is 15.0 Å². The van der Waals surface area contributed by atoms with Gasteiger partial charge in [-0.15, -0.1) is 0 Å². The number of amides is 1. The van der Waals surface area contributed by atoms with Gasteiger partial charge in [-0.05, 0) is 43.2 Å². The number of nitrogens with zero attached hydrogens (tertiary/aromatic N) is 3. The number of piperidine rings is 1. The molecule has 1 aromatic heterocycles. The minimum Gasteiger partial charge on any atom is -0.497 e. The topological polar surface area (TPSA) is 78.2 Å². The van der Waals surface area contributed by atoms with Gasteiger partial charge in [-0.25, -0.2) is 4.39 Å². The van der Waals surface area contributed by atoms with Crippen molar-refractivity contribution in [2.45, 2.75) is 12.8 Å². The summed E-state index contributed by atoms with van der Waals surface area (Å²) < 4.78 is 19.1. The minimum atomic E-state index is -0.367. The van der Waals surface area contributed by atoms with Crippen LogP contribution in [-0.4, -0.2) is 31.1 Å². The molecule has 0 bridgehead atoms. The first kappa shape index (κ1) is 19.6. The predicted octanol–water partition coefficient (Wildman–Crippen LogP) is 4.11. The molecule has 7 heteroatoms. The molecule has 3 aromatic rings. The van der Waals surface area contributed by atoms with Gasteiger partial charge in [0.05, 0.1) is 23.9 Å². The van der Waals surface area contributed by atoms with Gasteiger partial charge in [0, 0.05) is 42.3 Å². The number of pyridine rings is 1. The van der Waals surface area contributed by atoms with Gasteiger partial charge in [0.25, 0.3) is 0 Å². The molecule has 1 saturated heterocycles. The molecule has 1 fully saturated rings. The van der Waals surface area contributed by atoms with Crippen LogP contribution in [0.4, 0.5) is 15.8 Å². The highest BCUT2D eigenvalue weighted by Crippen LogP contribution is 2.33. The summed E-state index contributed by atoms with van der Waals surface area (Å²) in [6.07, 6.45) is 2.80. The highest BCUT2D eigenvalue weighted by molar-refractivity contribution is 5.95. The molecule has 0 atom stereocenters. The number of methoxy groups -OCH3 is 1. The number of anilines is 2. The largest absolute Gasteiger partial charge is 0.497 e. The van der Waals surface area contributed by atoms with E-state index < -0.39 is 0 Å². The fourth-order valence-electron chi connectivity index (χ4n) is 3.88. The Balaban J connectivity index is 1.50. The molecule has 0 spiro atoms. The van der Waals surface area contributed by atoms with Crippen molar-refractivity contribution >= 4 is 28.2 Å². The van der Waals surface area contributed by atoms with Crippen LogP contribution in [-0.2, 0) is 4.79 Å². The van der Waals surface area contributed by atoms with Crippen molar-refractivity contribution in [3.63, 3.8) is 0 Å². The summed E-state index contributed by atoms with van der Waals surface area (Å²) in [7, 11) is 1.58. The maximum Gasteiger partial charge on any atom is 0.227 e. The zero-order chi connectivity index (χ0) is 21.1. The molecule has 0 unspecified atom stereocenters. The highest BCUT2D eigenvalue weighted by Gasteiger charge is 2.27. The number of halogens is 1. The number of benzene rings is 2. The molecule has 0 radical (unpaired) electrons. The number of fused-ring (bicyclic) bond motifs is 1. The number of hydrogen-bond acceptors (Lipinski definition) is 5. The zero-order valence-corrected chi connectivity index (χ0v) is 16.6. The maximum absolute atomic E-state index is 13.9. The molecule has 6 nitrogen and oxygen atoms in total. The molecule has 1 aliphatic heterocycles. The second-order valence-electron chi connectivity index (χ2n) is 7.28. The Morgan fingerprint density at radius 3 is 2.80 bits per heavy atom. The molecule has 1 aliphatic rings. The average molecular weight is 404 g/mol.